The summed E-state index contributed by atoms with van der Waals surface area (Å²) in [6.45, 7) is 5.81. The number of piperidine rings is 1. The summed E-state index contributed by atoms with van der Waals surface area (Å²) < 4.78 is 29.9. The van der Waals surface area contributed by atoms with Crippen molar-refractivity contribution < 1.29 is 8.42 Å². The first-order chi connectivity index (χ1) is 9.29. The molecule has 0 spiro atoms. The third-order valence-corrected chi connectivity index (χ3v) is 5.59. The number of hydrogen-bond donors (Lipinski definition) is 0. The molecule has 0 saturated carbocycles. The Morgan fingerprint density at radius 1 is 1.35 bits per heavy atom. The minimum absolute atomic E-state index is 0.357. The van der Waals surface area contributed by atoms with Crippen LogP contribution < -0.4 is 0 Å². The van der Waals surface area contributed by atoms with E-state index < -0.39 is 10.2 Å². The lowest BCUT2D eigenvalue weighted by Crippen LogP contribution is -2.48. The molecule has 2 rings (SSSR count). The average Bonchev–Trinajstić information content (AvgIpc) is 2.73. The molecule has 114 valence electrons. The largest absolute Gasteiger partial charge is 0.282 e. The fraction of sp³-hybridized carbons (Fsp3) is 0.769. The van der Waals surface area contributed by atoms with Gasteiger partial charge in [-0.3, -0.25) is 4.68 Å². The molecule has 1 fully saturated rings. The molecule has 0 aromatic carbocycles. The normalized spacial score (nSPS) is 25.2. The van der Waals surface area contributed by atoms with E-state index in [-0.39, 0.29) is 0 Å². The molecule has 0 N–H and O–H groups in total. The molecule has 1 aliphatic rings. The zero-order valence-corrected chi connectivity index (χ0v) is 13.5. The van der Waals surface area contributed by atoms with Crippen molar-refractivity contribution in [3.8, 4) is 0 Å². The highest BCUT2D eigenvalue weighted by molar-refractivity contribution is 7.86. The molecular formula is C13H24N4O2S. The van der Waals surface area contributed by atoms with Gasteiger partial charge >= 0.3 is 0 Å². The second-order valence-electron chi connectivity index (χ2n) is 6.05. The molecule has 2 heterocycles. The smallest absolute Gasteiger partial charge is 0.275 e. The summed E-state index contributed by atoms with van der Waals surface area (Å²) in [5.74, 6) is 0.834. The van der Waals surface area contributed by atoms with Gasteiger partial charge in [-0.2, -0.15) is 22.1 Å². The van der Waals surface area contributed by atoms with Crippen LogP contribution >= 0.6 is 0 Å². The van der Waals surface area contributed by atoms with Crippen molar-refractivity contribution in [2.75, 3.05) is 20.1 Å². The van der Waals surface area contributed by atoms with Gasteiger partial charge < -0.3 is 0 Å². The van der Waals surface area contributed by atoms with Gasteiger partial charge in [-0.1, -0.05) is 13.8 Å². The van der Waals surface area contributed by atoms with Crippen molar-refractivity contribution in [2.45, 2.75) is 26.8 Å². The number of hydrogen-bond acceptors (Lipinski definition) is 3. The van der Waals surface area contributed by atoms with Crippen molar-refractivity contribution >= 4 is 10.2 Å². The molecule has 2 atom stereocenters. The topological polar surface area (TPSA) is 58.4 Å². The molecule has 0 aliphatic carbocycles. The summed E-state index contributed by atoms with van der Waals surface area (Å²) >= 11 is 0. The maximum absolute atomic E-state index is 12.6. The summed E-state index contributed by atoms with van der Waals surface area (Å²) in [6.07, 6.45) is 4.64. The highest BCUT2D eigenvalue weighted by atomic mass is 32.2. The molecule has 0 bridgehead atoms. The Bertz CT molecular complexity index is 544. The molecule has 1 aliphatic heterocycles. The zero-order valence-electron chi connectivity index (χ0n) is 12.7. The van der Waals surface area contributed by atoms with Crippen molar-refractivity contribution in [1.29, 1.82) is 0 Å². The van der Waals surface area contributed by atoms with Crippen LogP contribution in [0.5, 0.6) is 0 Å². The van der Waals surface area contributed by atoms with Gasteiger partial charge in [0.05, 0.1) is 6.20 Å². The van der Waals surface area contributed by atoms with Crippen LogP contribution in [0.1, 0.15) is 25.8 Å². The number of aryl methyl sites for hydroxylation is 1. The Labute approximate surface area is 121 Å². The van der Waals surface area contributed by atoms with Gasteiger partial charge in [0.25, 0.3) is 10.2 Å². The van der Waals surface area contributed by atoms with E-state index in [4.69, 9.17) is 0 Å². The molecule has 1 aromatic rings. The first-order valence-corrected chi connectivity index (χ1v) is 8.37. The molecule has 1 aromatic heterocycles. The molecule has 0 radical (unpaired) electrons. The number of rotatable bonds is 4. The van der Waals surface area contributed by atoms with Gasteiger partial charge in [-0.15, -0.1) is 0 Å². The Morgan fingerprint density at radius 3 is 2.45 bits per heavy atom. The third kappa shape index (κ3) is 3.39. The van der Waals surface area contributed by atoms with Crippen LogP contribution in [0.25, 0.3) is 0 Å². The van der Waals surface area contributed by atoms with E-state index >= 15 is 0 Å². The minimum atomic E-state index is -3.39. The van der Waals surface area contributed by atoms with Crippen LogP contribution in [-0.4, -0.2) is 46.9 Å². The molecule has 6 nitrogen and oxygen atoms in total. The lowest BCUT2D eigenvalue weighted by atomic mass is 9.94. The second kappa shape index (κ2) is 5.83. The second-order valence-corrected chi connectivity index (χ2v) is 8.08. The van der Waals surface area contributed by atoms with Crippen molar-refractivity contribution in [1.82, 2.24) is 18.4 Å². The van der Waals surface area contributed by atoms with E-state index in [1.807, 2.05) is 13.2 Å². The van der Waals surface area contributed by atoms with Gasteiger partial charge in [0.15, 0.2) is 0 Å². The molecule has 1 saturated heterocycles. The monoisotopic (exact) mass is 300 g/mol. The highest BCUT2D eigenvalue weighted by Gasteiger charge is 2.33. The predicted molar refractivity (Wildman–Crippen MR) is 78.1 cm³/mol. The van der Waals surface area contributed by atoms with Gasteiger partial charge in [0, 0.05) is 45.5 Å². The lowest BCUT2D eigenvalue weighted by molar-refractivity contribution is 0.211. The molecule has 0 amide bonds. The van der Waals surface area contributed by atoms with Crippen LogP contribution in [0.3, 0.4) is 0 Å². The van der Waals surface area contributed by atoms with Crippen LogP contribution in [-0.2, 0) is 23.8 Å². The van der Waals surface area contributed by atoms with Gasteiger partial charge in [0.2, 0.25) is 0 Å². The SMILES string of the molecule is CC1CC(C)CN(S(=O)(=O)N(C)Cc2cnn(C)c2)C1. The Hall–Kier alpha value is -0.920. The first-order valence-electron chi connectivity index (χ1n) is 6.98. The molecular weight excluding hydrogens is 276 g/mol. The fourth-order valence-corrected chi connectivity index (χ4v) is 4.48. The molecule has 7 heteroatoms. The molecule has 2 unspecified atom stereocenters. The van der Waals surface area contributed by atoms with E-state index in [1.54, 1.807) is 22.2 Å². The molecule has 20 heavy (non-hydrogen) atoms. The van der Waals surface area contributed by atoms with Gasteiger partial charge in [-0.05, 0) is 18.3 Å². The average molecular weight is 300 g/mol. The van der Waals surface area contributed by atoms with E-state index in [0.717, 1.165) is 12.0 Å². The summed E-state index contributed by atoms with van der Waals surface area (Å²) in [5, 5.41) is 4.07. The minimum Gasteiger partial charge on any atom is -0.275 e. The summed E-state index contributed by atoms with van der Waals surface area (Å²) in [5.41, 5.74) is 0.900. The van der Waals surface area contributed by atoms with Crippen LogP contribution in [0.2, 0.25) is 0 Å². The summed E-state index contributed by atoms with van der Waals surface area (Å²) in [4.78, 5) is 0. The Morgan fingerprint density at radius 2 is 1.95 bits per heavy atom. The standard InChI is InChI=1S/C13H24N4O2S/c1-11-5-12(2)8-17(7-11)20(18,19)16(4)10-13-6-14-15(3)9-13/h6,9,11-12H,5,7-8,10H2,1-4H3. The van der Waals surface area contributed by atoms with E-state index in [2.05, 4.69) is 18.9 Å². The van der Waals surface area contributed by atoms with E-state index in [9.17, 15) is 8.42 Å². The summed E-state index contributed by atoms with van der Waals surface area (Å²) in [7, 11) is 0.0694. The maximum Gasteiger partial charge on any atom is 0.282 e. The van der Waals surface area contributed by atoms with Crippen molar-refractivity contribution in [3.63, 3.8) is 0 Å². The predicted octanol–water partition coefficient (Wildman–Crippen LogP) is 1.07. The van der Waals surface area contributed by atoms with Gasteiger partial charge in [-0.25, -0.2) is 0 Å². The maximum atomic E-state index is 12.6. The highest BCUT2D eigenvalue weighted by Crippen LogP contribution is 2.24. The van der Waals surface area contributed by atoms with E-state index in [0.29, 0.717) is 31.5 Å². The third-order valence-electron chi connectivity index (χ3n) is 3.72. The fourth-order valence-electron chi connectivity index (χ4n) is 2.88. The lowest BCUT2D eigenvalue weighted by Gasteiger charge is -2.36. The van der Waals surface area contributed by atoms with Gasteiger partial charge in [0.1, 0.15) is 0 Å². The van der Waals surface area contributed by atoms with E-state index in [1.165, 1.54) is 4.31 Å². The van der Waals surface area contributed by atoms with Crippen LogP contribution in [0.4, 0.5) is 0 Å². The van der Waals surface area contributed by atoms with Crippen LogP contribution in [0, 0.1) is 11.8 Å². The van der Waals surface area contributed by atoms with Crippen LogP contribution in [0.15, 0.2) is 12.4 Å². The number of nitrogens with zero attached hydrogens (tertiary/aromatic N) is 4. The Balaban J connectivity index is 2.08. The Kier molecular flexibility index (Phi) is 4.51. The first kappa shape index (κ1) is 15.5. The van der Waals surface area contributed by atoms with Crippen molar-refractivity contribution in [2.24, 2.45) is 18.9 Å². The van der Waals surface area contributed by atoms with Crippen molar-refractivity contribution in [3.05, 3.63) is 18.0 Å². The number of aromatic nitrogens is 2. The quantitative estimate of drug-likeness (QED) is 0.836. The zero-order chi connectivity index (χ0) is 14.9. The summed E-state index contributed by atoms with van der Waals surface area (Å²) in [6, 6.07) is 0.